The number of nitrogens with one attached hydrogen (secondary N) is 1. The molecule has 0 unspecified atom stereocenters. The maximum atomic E-state index is 9.19. The van der Waals surface area contributed by atoms with Gasteiger partial charge in [0.15, 0.2) is 11.8 Å². The smallest absolute Gasteiger partial charge is 0.190 e. The summed E-state index contributed by atoms with van der Waals surface area (Å²) in [7, 11) is 0. The fraction of sp³-hybridized carbons (Fsp3) is 0. The molecular formula is C9H8N4O. The molecule has 0 aliphatic heterocycles. The zero-order chi connectivity index (χ0) is 9.97. The SMILES string of the molecule is [15NH]=c1c(-c2ccccc2)nncn1O. The fourth-order valence-corrected chi connectivity index (χ4v) is 1.14. The summed E-state index contributed by atoms with van der Waals surface area (Å²) < 4.78 is 0.634. The normalized spacial score (nSPS) is 10.0. The second-order valence-electron chi connectivity index (χ2n) is 2.74. The highest BCUT2D eigenvalue weighted by Crippen LogP contribution is 2.09. The van der Waals surface area contributed by atoms with Gasteiger partial charge in [-0.2, -0.15) is 4.73 Å². The summed E-state index contributed by atoms with van der Waals surface area (Å²) in [5.74, 6) is 0. The number of rotatable bonds is 1. The Morgan fingerprint density at radius 1 is 1.21 bits per heavy atom. The molecule has 2 aromatic rings. The van der Waals surface area contributed by atoms with Crippen LogP contribution in [0.1, 0.15) is 0 Å². The highest BCUT2D eigenvalue weighted by molar-refractivity contribution is 5.56. The second kappa shape index (κ2) is 3.29. The molecule has 1 heterocycles. The van der Waals surface area contributed by atoms with Crippen LogP contribution in [0, 0.1) is 5.41 Å². The first-order valence-corrected chi connectivity index (χ1v) is 4.02. The van der Waals surface area contributed by atoms with Gasteiger partial charge in [-0.3, -0.25) is 5.41 Å². The molecule has 2 N–H and O–H groups in total. The van der Waals surface area contributed by atoms with E-state index in [0.717, 1.165) is 11.9 Å². The molecule has 5 nitrogen and oxygen atoms in total. The molecule has 0 aliphatic rings. The first kappa shape index (κ1) is 8.43. The Morgan fingerprint density at radius 3 is 2.64 bits per heavy atom. The van der Waals surface area contributed by atoms with Gasteiger partial charge in [-0.25, -0.2) is 0 Å². The number of aromatic nitrogens is 3. The van der Waals surface area contributed by atoms with E-state index in [1.165, 1.54) is 0 Å². The van der Waals surface area contributed by atoms with E-state index in [2.05, 4.69) is 10.2 Å². The van der Waals surface area contributed by atoms with Crippen LogP contribution in [0.2, 0.25) is 0 Å². The van der Waals surface area contributed by atoms with Gasteiger partial charge in [0.05, 0.1) is 0 Å². The van der Waals surface area contributed by atoms with Crippen LogP contribution in [0.3, 0.4) is 0 Å². The summed E-state index contributed by atoms with van der Waals surface area (Å²) in [6.45, 7) is 0. The van der Waals surface area contributed by atoms with E-state index in [4.69, 9.17) is 5.41 Å². The molecule has 5 heteroatoms. The average Bonchev–Trinajstić information content (AvgIpc) is 2.23. The Bertz CT molecular complexity index is 492. The summed E-state index contributed by atoms with van der Waals surface area (Å²) in [6.07, 6.45) is 1.08. The van der Waals surface area contributed by atoms with Crippen LogP contribution >= 0.6 is 0 Å². The largest absolute Gasteiger partial charge is 0.425 e. The van der Waals surface area contributed by atoms with E-state index in [1.54, 1.807) is 0 Å². The fourth-order valence-electron chi connectivity index (χ4n) is 1.14. The molecule has 1 aromatic carbocycles. The maximum Gasteiger partial charge on any atom is 0.190 e. The van der Waals surface area contributed by atoms with Crippen molar-refractivity contribution < 1.29 is 5.21 Å². The van der Waals surface area contributed by atoms with Gasteiger partial charge in [0.1, 0.15) is 5.69 Å². The van der Waals surface area contributed by atoms with E-state index < -0.39 is 0 Å². The van der Waals surface area contributed by atoms with Crippen LogP contribution in [0.4, 0.5) is 0 Å². The molecule has 0 bridgehead atoms. The standard InChI is InChI=1S/C9H8N4O/c10-9-8(12-11-6-13(9)14)7-4-2-1-3-5-7/h1-6,10,14H/i10+1. The zero-order valence-electron chi connectivity index (χ0n) is 7.25. The molecule has 0 fully saturated rings. The van der Waals surface area contributed by atoms with E-state index in [-0.39, 0.29) is 5.49 Å². The van der Waals surface area contributed by atoms with Crippen molar-refractivity contribution in [1.82, 2.24) is 14.9 Å². The number of hydrogen-bond donors (Lipinski definition) is 2. The Labute approximate surface area is 79.8 Å². The van der Waals surface area contributed by atoms with E-state index in [9.17, 15) is 5.21 Å². The summed E-state index contributed by atoms with van der Waals surface area (Å²) >= 11 is 0. The number of benzene rings is 1. The Kier molecular flexibility index (Phi) is 1.98. The molecular weight excluding hydrogens is 181 g/mol. The van der Waals surface area contributed by atoms with Gasteiger partial charge < -0.3 is 5.21 Å². The van der Waals surface area contributed by atoms with Crippen molar-refractivity contribution in [3.8, 4) is 11.3 Å². The first-order chi connectivity index (χ1) is 6.79. The lowest BCUT2D eigenvalue weighted by atomic mass is 10.2. The molecule has 0 radical (unpaired) electrons. The molecule has 70 valence electrons. The van der Waals surface area contributed by atoms with Crippen molar-refractivity contribution in [1.29, 1.82) is 5.41 Å². The minimum absolute atomic E-state index is 0.0776. The van der Waals surface area contributed by atoms with Crippen LogP contribution in [-0.2, 0) is 0 Å². The average molecular weight is 189 g/mol. The summed E-state index contributed by atoms with van der Waals surface area (Å²) in [6, 6.07) is 9.16. The van der Waals surface area contributed by atoms with Gasteiger partial charge in [0, 0.05) is 5.56 Å². The Hall–Kier alpha value is -2.17. The lowest BCUT2D eigenvalue weighted by Crippen LogP contribution is -2.21. The summed E-state index contributed by atoms with van der Waals surface area (Å²) in [5.41, 5.74) is 1.04. The minimum atomic E-state index is -0.0776. The second-order valence-corrected chi connectivity index (χ2v) is 2.74. The van der Waals surface area contributed by atoms with Crippen LogP contribution < -0.4 is 5.49 Å². The number of hydrogen-bond acceptors (Lipinski definition) is 4. The van der Waals surface area contributed by atoms with Crippen molar-refractivity contribution in [2.75, 3.05) is 0 Å². The van der Waals surface area contributed by atoms with Crippen LogP contribution in [-0.4, -0.2) is 20.1 Å². The lowest BCUT2D eigenvalue weighted by Gasteiger charge is -2.01. The summed E-state index contributed by atoms with van der Waals surface area (Å²) in [5, 5.41) is 24.1. The van der Waals surface area contributed by atoms with Gasteiger partial charge >= 0.3 is 0 Å². The van der Waals surface area contributed by atoms with Gasteiger partial charge in [0.25, 0.3) is 0 Å². The summed E-state index contributed by atoms with van der Waals surface area (Å²) in [4.78, 5) is 0. The molecule has 14 heavy (non-hydrogen) atoms. The third-order valence-corrected chi connectivity index (χ3v) is 1.82. The molecule has 0 saturated heterocycles. The quantitative estimate of drug-likeness (QED) is 0.511. The van der Waals surface area contributed by atoms with Crippen molar-refractivity contribution >= 4 is 0 Å². The van der Waals surface area contributed by atoms with Crippen LogP contribution in [0.15, 0.2) is 36.7 Å². The Morgan fingerprint density at radius 2 is 1.93 bits per heavy atom. The van der Waals surface area contributed by atoms with E-state index >= 15 is 0 Å². The zero-order valence-corrected chi connectivity index (χ0v) is 7.25. The van der Waals surface area contributed by atoms with Crippen molar-refractivity contribution in [3.05, 3.63) is 42.1 Å². The van der Waals surface area contributed by atoms with Crippen LogP contribution in [0.5, 0.6) is 0 Å². The highest BCUT2D eigenvalue weighted by Gasteiger charge is 2.03. The van der Waals surface area contributed by atoms with Gasteiger partial charge in [-0.15, -0.1) is 10.2 Å². The van der Waals surface area contributed by atoms with Crippen molar-refractivity contribution in [3.63, 3.8) is 0 Å². The van der Waals surface area contributed by atoms with Gasteiger partial charge in [-0.1, -0.05) is 30.3 Å². The monoisotopic (exact) mass is 189 g/mol. The van der Waals surface area contributed by atoms with E-state index in [1.807, 2.05) is 30.3 Å². The molecule has 0 amide bonds. The highest BCUT2D eigenvalue weighted by atomic mass is 16.5. The first-order valence-electron chi connectivity index (χ1n) is 4.02. The molecule has 0 saturated carbocycles. The van der Waals surface area contributed by atoms with Crippen molar-refractivity contribution in [2.24, 2.45) is 0 Å². The molecule has 0 atom stereocenters. The Balaban J connectivity index is 2.64. The van der Waals surface area contributed by atoms with Crippen LogP contribution in [0.25, 0.3) is 11.3 Å². The topological polar surface area (TPSA) is 74.8 Å². The molecule has 0 spiro atoms. The van der Waals surface area contributed by atoms with Gasteiger partial charge in [-0.05, 0) is 0 Å². The number of nitrogens with zero attached hydrogens (tertiary/aromatic N) is 3. The van der Waals surface area contributed by atoms with Gasteiger partial charge in [0.2, 0.25) is 0 Å². The maximum absolute atomic E-state index is 9.19. The minimum Gasteiger partial charge on any atom is -0.425 e. The van der Waals surface area contributed by atoms with E-state index in [0.29, 0.717) is 10.4 Å². The molecule has 2 rings (SSSR count). The molecule has 0 aliphatic carbocycles. The third kappa shape index (κ3) is 1.35. The van der Waals surface area contributed by atoms with Crippen molar-refractivity contribution in [2.45, 2.75) is 0 Å². The lowest BCUT2D eigenvalue weighted by molar-refractivity contribution is 0.165. The third-order valence-electron chi connectivity index (χ3n) is 1.82. The molecule has 1 aromatic heterocycles. The predicted molar refractivity (Wildman–Crippen MR) is 48.5 cm³/mol. The predicted octanol–water partition coefficient (Wildman–Crippen LogP) is 0.662.